The smallest absolute Gasteiger partial charge is 0.0462 e. The molecule has 0 spiro atoms. The summed E-state index contributed by atoms with van der Waals surface area (Å²) >= 11 is 0. The Kier molecular flexibility index (Phi) is 4.07. The molecule has 0 aliphatic heterocycles. The Bertz CT molecular complexity index is 228. The van der Waals surface area contributed by atoms with Crippen LogP contribution in [0.3, 0.4) is 0 Å². The van der Waals surface area contributed by atoms with Crippen LogP contribution in [0, 0.1) is 11.8 Å². The van der Waals surface area contributed by atoms with Gasteiger partial charge in [-0.3, -0.25) is 0 Å². The Balaban J connectivity index is 0.000000561. The zero-order valence-electron chi connectivity index (χ0n) is 7.91. The molecule has 0 unspecified atom stereocenters. The fourth-order valence-electron chi connectivity index (χ4n) is 0.938. The highest BCUT2D eigenvalue weighted by atomic mass is 14.2. The van der Waals surface area contributed by atoms with Crippen LogP contribution in [0.4, 0.5) is 0 Å². The Morgan fingerprint density at radius 3 is 1.67 bits per heavy atom. The molecule has 0 saturated heterocycles. The van der Waals surface area contributed by atoms with Gasteiger partial charge in [0.25, 0.3) is 0 Å². The second kappa shape index (κ2) is 4.56. The summed E-state index contributed by atoms with van der Waals surface area (Å²) in [5, 5.41) is 6.50. The fourth-order valence-corrected chi connectivity index (χ4v) is 0.938. The number of hydrogen-bond acceptors (Lipinski definition) is 1. The maximum atomic E-state index is 6.50. The summed E-state index contributed by atoms with van der Waals surface area (Å²) in [6.07, 6.45) is 0. The number of rotatable bonds is 0. The molecule has 0 saturated carbocycles. The van der Waals surface area contributed by atoms with Crippen molar-refractivity contribution < 1.29 is 0 Å². The summed E-state index contributed by atoms with van der Waals surface area (Å²) in [6, 6.07) is 10.6. The third kappa shape index (κ3) is 3.21. The third-order valence-corrected chi connectivity index (χ3v) is 1.64. The quantitative estimate of drug-likeness (QED) is 0.573. The van der Waals surface area contributed by atoms with Gasteiger partial charge in [-0.15, -0.1) is 0 Å². The molecule has 1 aromatic rings. The minimum Gasteiger partial charge on any atom is -0.202 e. The number of nitriles is 1. The first-order valence-electron chi connectivity index (χ1n) is 3.92. The summed E-state index contributed by atoms with van der Waals surface area (Å²) in [5.41, 5.74) is 1.69. The van der Waals surface area contributed by atoms with Crippen molar-refractivity contribution in [2.75, 3.05) is 0 Å². The van der Waals surface area contributed by atoms with Crippen LogP contribution in [0.1, 0.15) is 26.3 Å². The van der Waals surface area contributed by atoms with E-state index in [1.165, 1.54) is 5.56 Å². The van der Waals surface area contributed by atoms with Gasteiger partial charge in [-0.05, 0) is 11.0 Å². The van der Waals surface area contributed by atoms with Crippen molar-refractivity contribution in [3.05, 3.63) is 35.9 Å². The van der Waals surface area contributed by atoms with E-state index in [2.05, 4.69) is 57.7 Å². The van der Waals surface area contributed by atoms with Crippen molar-refractivity contribution in [2.24, 2.45) is 0 Å². The van der Waals surface area contributed by atoms with E-state index < -0.39 is 0 Å². The van der Waals surface area contributed by atoms with Crippen molar-refractivity contribution in [3.63, 3.8) is 0 Å². The largest absolute Gasteiger partial charge is 0.202 e. The predicted molar refractivity (Wildman–Crippen MR) is 51.8 cm³/mol. The van der Waals surface area contributed by atoms with Gasteiger partial charge in [-0.25, -0.2) is 5.26 Å². The number of hydrogen-bond donors (Lipinski definition) is 0. The first-order chi connectivity index (χ1) is 5.61. The first-order valence-corrected chi connectivity index (χ1v) is 3.92. The molecular formula is C11H15N. The molecule has 0 aliphatic rings. The van der Waals surface area contributed by atoms with Gasteiger partial charge in [-0.1, -0.05) is 51.1 Å². The Morgan fingerprint density at radius 1 is 1.00 bits per heavy atom. The fraction of sp³-hybridized carbons (Fsp3) is 0.364. The van der Waals surface area contributed by atoms with Crippen LogP contribution in [0.25, 0.3) is 0 Å². The second-order valence-corrected chi connectivity index (χ2v) is 3.62. The number of benzene rings is 1. The van der Waals surface area contributed by atoms with Crippen LogP contribution in [0.2, 0.25) is 0 Å². The van der Waals surface area contributed by atoms with Crippen LogP contribution in [-0.2, 0) is 5.41 Å². The Hall–Kier alpha value is -1.29. The second-order valence-electron chi connectivity index (χ2n) is 3.62. The molecule has 0 radical (unpaired) electrons. The predicted octanol–water partition coefficient (Wildman–Crippen LogP) is 3.12. The van der Waals surface area contributed by atoms with E-state index in [9.17, 15) is 0 Å². The summed E-state index contributed by atoms with van der Waals surface area (Å²) in [5.74, 6) is 0. The summed E-state index contributed by atoms with van der Waals surface area (Å²) in [6.45, 7) is 10.2. The average molecular weight is 161 g/mol. The van der Waals surface area contributed by atoms with Crippen molar-refractivity contribution in [1.29, 1.82) is 5.26 Å². The monoisotopic (exact) mass is 161 g/mol. The molecule has 1 aromatic carbocycles. The van der Waals surface area contributed by atoms with Crippen LogP contribution in [0.5, 0.6) is 0 Å². The molecular weight excluding hydrogens is 146 g/mol. The van der Waals surface area contributed by atoms with E-state index in [4.69, 9.17) is 5.26 Å². The molecule has 0 amide bonds. The molecule has 0 N–H and O–H groups in total. The van der Waals surface area contributed by atoms with Gasteiger partial charge in [0.2, 0.25) is 0 Å². The molecule has 1 heteroatoms. The van der Waals surface area contributed by atoms with Crippen molar-refractivity contribution in [1.82, 2.24) is 0 Å². The van der Waals surface area contributed by atoms with Crippen LogP contribution < -0.4 is 0 Å². The summed E-state index contributed by atoms with van der Waals surface area (Å²) in [7, 11) is 0. The lowest BCUT2D eigenvalue weighted by atomic mass is 9.87. The maximum Gasteiger partial charge on any atom is 0.0462 e. The van der Waals surface area contributed by atoms with Crippen molar-refractivity contribution in [3.8, 4) is 6.57 Å². The molecule has 0 aromatic heterocycles. The zero-order chi connectivity index (χ0) is 9.61. The van der Waals surface area contributed by atoms with Gasteiger partial charge in [0.15, 0.2) is 0 Å². The van der Waals surface area contributed by atoms with E-state index in [1.807, 2.05) is 0 Å². The van der Waals surface area contributed by atoms with E-state index in [-0.39, 0.29) is 0 Å². The van der Waals surface area contributed by atoms with Gasteiger partial charge >= 0.3 is 0 Å². The van der Waals surface area contributed by atoms with Gasteiger partial charge < -0.3 is 0 Å². The molecule has 0 fully saturated rings. The van der Waals surface area contributed by atoms with Gasteiger partial charge in [0.05, 0.1) is 0 Å². The van der Waals surface area contributed by atoms with Crippen LogP contribution >= 0.6 is 0 Å². The van der Waals surface area contributed by atoms with Crippen LogP contribution in [0.15, 0.2) is 30.3 Å². The van der Waals surface area contributed by atoms with Crippen LogP contribution in [-0.4, -0.2) is 0 Å². The lowest BCUT2D eigenvalue weighted by molar-refractivity contribution is 0.590. The summed E-state index contributed by atoms with van der Waals surface area (Å²) < 4.78 is 0. The molecule has 0 atom stereocenters. The zero-order valence-corrected chi connectivity index (χ0v) is 7.91. The van der Waals surface area contributed by atoms with Gasteiger partial charge in [0, 0.05) is 6.57 Å². The highest BCUT2D eigenvalue weighted by Crippen LogP contribution is 2.20. The Morgan fingerprint density at radius 2 is 1.42 bits per heavy atom. The summed E-state index contributed by atoms with van der Waals surface area (Å²) in [4.78, 5) is 0. The van der Waals surface area contributed by atoms with E-state index in [0.717, 1.165) is 0 Å². The maximum absolute atomic E-state index is 6.50. The first kappa shape index (κ1) is 10.7. The van der Waals surface area contributed by atoms with E-state index in [0.29, 0.717) is 5.41 Å². The normalized spacial score (nSPS) is 9.75. The van der Waals surface area contributed by atoms with Crippen molar-refractivity contribution >= 4 is 0 Å². The minimum atomic E-state index is 0.293. The lowest BCUT2D eigenvalue weighted by Crippen LogP contribution is -2.10. The SMILES string of the molecule is C#N.CC(C)(C)c1ccccc1. The molecule has 1 rings (SSSR count). The molecule has 12 heavy (non-hydrogen) atoms. The highest BCUT2D eigenvalue weighted by molar-refractivity contribution is 5.21. The number of nitrogens with zero attached hydrogens (tertiary/aromatic N) is 1. The topological polar surface area (TPSA) is 23.8 Å². The van der Waals surface area contributed by atoms with Gasteiger partial charge in [0.1, 0.15) is 0 Å². The molecule has 64 valence electrons. The molecule has 0 aliphatic carbocycles. The molecule has 1 nitrogen and oxygen atoms in total. The standard InChI is InChI=1S/C10H14.CHN/c1-10(2,3)9-7-5-4-6-8-9;1-2/h4-8H,1-3H3;1H. The van der Waals surface area contributed by atoms with Gasteiger partial charge in [-0.2, -0.15) is 0 Å². The Labute approximate surface area is 74.7 Å². The van der Waals surface area contributed by atoms with Crippen molar-refractivity contribution in [2.45, 2.75) is 26.2 Å². The lowest BCUT2D eigenvalue weighted by Gasteiger charge is -2.18. The molecule has 0 bridgehead atoms. The van der Waals surface area contributed by atoms with E-state index >= 15 is 0 Å². The average Bonchev–Trinajstić information content (AvgIpc) is 2.08. The molecule has 0 heterocycles. The van der Waals surface area contributed by atoms with E-state index in [1.54, 1.807) is 0 Å². The highest BCUT2D eigenvalue weighted by Gasteiger charge is 2.11. The third-order valence-electron chi connectivity index (χ3n) is 1.64. The minimum absolute atomic E-state index is 0.293.